The number of nitrogens with one attached hydrogen (secondary N) is 1. The summed E-state index contributed by atoms with van der Waals surface area (Å²) in [5, 5.41) is 2.68. The Hall–Kier alpha value is -3.02. The van der Waals surface area contributed by atoms with Gasteiger partial charge in [0.25, 0.3) is 5.91 Å². The maximum absolute atomic E-state index is 12.2. The molecule has 2 amide bonds. The van der Waals surface area contributed by atoms with Crippen molar-refractivity contribution >= 4 is 17.5 Å². The van der Waals surface area contributed by atoms with E-state index in [1.165, 1.54) is 13.2 Å². The summed E-state index contributed by atoms with van der Waals surface area (Å²) >= 11 is 0. The van der Waals surface area contributed by atoms with Crippen LogP contribution in [0.25, 0.3) is 0 Å². The SMILES string of the molecule is COc1ccccc1O[C@@H](C)C(=O)Nc1cccc(C(N)=O)c1. The minimum absolute atomic E-state index is 0.320. The highest BCUT2D eigenvalue weighted by Gasteiger charge is 2.17. The summed E-state index contributed by atoms with van der Waals surface area (Å²) in [4.78, 5) is 23.4. The molecule has 0 aliphatic rings. The molecule has 120 valence electrons. The number of hydrogen-bond acceptors (Lipinski definition) is 4. The Labute approximate surface area is 134 Å². The van der Waals surface area contributed by atoms with E-state index in [4.69, 9.17) is 15.2 Å². The summed E-state index contributed by atoms with van der Waals surface area (Å²) < 4.78 is 10.8. The van der Waals surface area contributed by atoms with Crippen molar-refractivity contribution in [2.24, 2.45) is 5.73 Å². The van der Waals surface area contributed by atoms with Gasteiger partial charge in [0, 0.05) is 11.3 Å². The number of rotatable bonds is 6. The van der Waals surface area contributed by atoms with Gasteiger partial charge in [-0.2, -0.15) is 0 Å². The third-order valence-corrected chi connectivity index (χ3v) is 3.16. The fraction of sp³-hybridized carbons (Fsp3) is 0.176. The number of ether oxygens (including phenoxy) is 2. The van der Waals surface area contributed by atoms with E-state index in [9.17, 15) is 9.59 Å². The molecular formula is C17H18N2O4. The van der Waals surface area contributed by atoms with Gasteiger partial charge in [-0.05, 0) is 37.3 Å². The van der Waals surface area contributed by atoms with E-state index in [1.54, 1.807) is 43.3 Å². The monoisotopic (exact) mass is 314 g/mol. The third-order valence-electron chi connectivity index (χ3n) is 3.16. The molecular weight excluding hydrogens is 296 g/mol. The van der Waals surface area contributed by atoms with E-state index in [2.05, 4.69) is 5.32 Å². The lowest BCUT2D eigenvalue weighted by Gasteiger charge is -2.16. The number of methoxy groups -OCH3 is 1. The molecule has 23 heavy (non-hydrogen) atoms. The molecule has 0 aromatic heterocycles. The number of amides is 2. The fourth-order valence-electron chi connectivity index (χ4n) is 1.95. The molecule has 6 nitrogen and oxygen atoms in total. The van der Waals surface area contributed by atoms with E-state index in [1.807, 2.05) is 6.07 Å². The third kappa shape index (κ3) is 4.23. The van der Waals surface area contributed by atoms with Gasteiger partial charge in [0.15, 0.2) is 17.6 Å². The average molecular weight is 314 g/mol. The lowest BCUT2D eigenvalue weighted by Crippen LogP contribution is -2.30. The van der Waals surface area contributed by atoms with Crippen LogP contribution in [0.5, 0.6) is 11.5 Å². The average Bonchev–Trinajstić information content (AvgIpc) is 2.55. The minimum atomic E-state index is -0.747. The van der Waals surface area contributed by atoms with Crippen LogP contribution in [0.3, 0.4) is 0 Å². The van der Waals surface area contributed by atoms with E-state index in [0.717, 1.165) is 0 Å². The summed E-state index contributed by atoms with van der Waals surface area (Å²) in [5.41, 5.74) is 6.01. The van der Waals surface area contributed by atoms with Crippen molar-refractivity contribution in [2.75, 3.05) is 12.4 Å². The molecule has 0 saturated heterocycles. The number of carbonyl (C=O) groups excluding carboxylic acids is 2. The first kappa shape index (κ1) is 16.4. The molecule has 0 heterocycles. The van der Waals surface area contributed by atoms with E-state index < -0.39 is 12.0 Å². The van der Waals surface area contributed by atoms with Crippen LogP contribution in [0.2, 0.25) is 0 Å². The van der Waals surface area contributed by atoms with Crippen LogP contribution in [0.1, 0.15) is 17.3 Å². The Morgan fingerprint density at radius 1 is 1.09 bits per heavy atom. The van der Waals surface area contributed by atoms with Gasteiger partial charge in [-0.25, -0.2) is 0 Å². The van der Waals surface area contributed by atoms with E-state index in [0.29, 0.717) is 22.7 Å². The van der Waals surface area contributed by atoms with Crippen molar-refractivity contribution in [3.63, 3.8) is 0 Å². The molecule has 1 atom stereocenters. The van der Waals surface area contributed by atoms with Crippen LogP contribution in [-0.4, -0.2) is 25.0 Å². The standard InChI is InChI=1S/C17H18N2O4/c1-11(23-15-9-4-3-8-14(15)22-2)17(21)19-13-7-5-6-12(10-13)16(18)20/h3-11H,1-2H3,(H2,18,20)(H,19,21)/t11-/m0/s1. The van der Waals surface area contributed by atoms with Gasteiger partial charge < -0.3 is 20.5 Å². The van der Waals surface area contributed by atoms with Crippen molar-refractivity contribution in [1.29, 1.82) is 0 Å². The molecule has 2 aromatic carbocycles. The number of benzene rings is 2. The highest BCUT2D eigenvalue weighted by Crippen LogP contribution is 2.27. The Morgan fingerprint density at radius 3 is 2.43 bits per heavy atom. The molecule has 2 rings (SSSR count). The minimum Gasteiger partial charge on any atom is -0.493 e. The number of primary amides is 1. The quantitative estimate of drug-likeness (QED) is 0.855. The van der Waals surface area contributed by atoms with Crippen LogP contribution < -0.4 is 20.5 Å². The van der Waals surface area contributed by atoms with Gasteiger partial charge in [-0.1, -0.05) is 18.2 Å². The highest BCUT2D eigenvalue weighted by molar-refractivity contribution is 5.97. The van der Waals surface area contributed by atoms with Crippen molar-refractivity contribution in [1.82, 2.24) is 0 Å². The molecule has 0 saturated carbocycles. The number of para-hydroxylation sites is 2. The zero-order chi connectivity index (χ0) is 16.8. The first-order valence-electron chi connectivity index (χ1n) is 7.01. The van der Waals surface area contributed by atoms with Crippen molar-refractivity contribution in [3.8, 4) is 11.5 Å². The molecule has 0 aliphatic heterocycles. The van der Waals surface area contributed by atoms with Crippen molar-refractivity contribution in [2.45, 2.75) is 13.0 Å². The van der Waals surface area contributed by atoms with Crippen molar-refractivity contribution < 1.29 is 19.1 Å². The molecule has 0 radical (unpaired) electrons. The lowest BCUT2D eigenvalue weighted by atomic mass is 10.2. The van der Waals surface area contributed by atoms with Crippen LogP contribution in [0, 0.1) is 0 Å². The van der Waals surface area contributed by atoms with Gasteiger partial charge in [-0.3, -0.25) is 9.59 Å². The normalized spacial score (nSPS) is 11.4. The summed E-state index contributed by atoms with van der Waals surface area (Å²) in [6.45, 7) is 1.62. The van der Waals surface area contributed by atoms with Crippen LogP contribution in [0.4, 0.5) is 5.69 Å². The molecule has 0 spiro atoms. The lowest BCUT2D eigenvalue weighted by molar-refractivity contribution is -0.122. The first-order chi connectivity index (χ1) is 11.0. The molecule has 0 bridgehead atoms. The Balaban J connectivity index is 2.05. The number of nitrogens with two attached hydrogens (primary N) is 1. The Kier molecular flexibility index (Phi) is 5.19. The first-order valence-corrected chi connectivity index (χ1v) is 7.01. The molecule has 6 heteroatoms. The van der Waals surface area contributed by atoms with Gasteiger partial charge in [-0.15, -0.1) is 0 Å². The second-order valence-corrected chi connectivity index (χ2v) is 4.85. The number of carbonyl (C=O) groups is 2. The Bertz CT molecular complexity index is 715. The predicted molar refractivity (Wildman–Crippen MR) is 86.7 cm³/mol. The zero-order valence-corrected chi connectivity index (χ0v) is 12.9. The van der Waals surface area contributed by atoms with E-state index >= 15 is 0 Å². The second kappa shape index (κ2) is 7.31. The van der Waals surface area contributed by atoms with Crippen LogP contribution in [0.15, 0.2) is 48.5 Å². The molecule has 3 N–H and O–H groups in total. The smallest absolute Gasteiger partial charge is 0.265 e. The highest BCUT2D eigenvalue weighted by atomic mass is 16.5. The van der Waals surface area contributed by atoms with Gasteiger partial charge in [0.05, 0.1) is 7.11 Å². The fourth-order valence-corrected chi connectivity index (χ4v) is 1.95. The topological polar surface area (TPSA) is 90.7 Å². The molecule has 2 aromatic rings. The van der Waals surface area contributed by atoms with Crippen LogP contribution in [-0.2, 0) is 4.79 Å². The molecule has 0 fully saturated rings. The maximum atomic E-state index is 12.2. The Morgan fingerprint density at radius 2 is 1.78 bits per heavy atom. The largest absolute Gasteiger partial charge is 0.493 e. The zero-order valence-electron chi connectivity index (χ0n) is 12.9. The van der Waals surface area contributed by atoms with Gasteiger partial charge >= 0.3 is 0 Å². The molecule has 0 aliphatic carbocycles. The van der Waals surface area contributed by atoms with Gasteiger partial charge in [0.2, 0.25) is 5.91 Å². The number of anilines is 1. The summed E-state index contributed by atoms with van der Waals surface area (Å²) in [6.07, 6.45) is -0.747. The predicted octanol–water partition coefficient (Wildman–Crippen LogP) is 2.20. The molecule has 0 unspecified atom stereocenters. The van der Waals surface area contributed by atoms with Gasteiger partial charge in [0.1, 0.15) is 0 Å². The second-order valence-electron chi connectivity index (χ2n) is 4.85. The number of hydrogen-bond donors (Lipinski definition) is 2. The van der Waals surface area contributed by atoms with Crippen molar-refractivity contribution in [3.05, 3.63) is 54.1 Å². The summed E-state index contributed by atoms with van der Waals surface area (Å²) in [5.74, 6) is 0.114. The van der Waals surface area contributed by atoms with Crippen LogP contribution >= 0.6 is 0 Å². The van der Waals surface area contributed by atoms with E-state index in [-0.39, 0.29) is 5.91 Å². The summed E-state index contributed by atoms with van der Waals surface area (Å²) in [7, 11) is 1.53. The maximum Gasteiger partial charge on any atom is 0.265 e. The summed E-state index contributed by atoms with van der Waals surface area (Å²) in [6, 6.07) is 13.5.